The zero-order valence-electron chi connectivity index (χ0n) is 15.4. The van der Waals surface area contributed by atoms with E-state index in [1.54, 1.807) is 36.4 Å². The molecule has 1 aromatic heterocycles. The second-order valence-corrected chi connectivity index (χ2v) is 5.83. The number of furan rings is 1. The van der Waals surface area contributed by atoms with Crippen LogP contribution in [0.4, 0.5) is 0 Å². The first-order chi connectivity index (χ1) is 13.5. The summed E-state index contributed by atoms with van der Waals surface area (Å²) in [5.74, 6) is -1.48. The van der Waals surface area contributed by atoms with Crippen molar-refractivity contribution >= 4 is 23.9 Å². The number of hydrogen-bond donors (Lipinski definition) is 3. The molecule has 0 saturated carbocycles. The van der Waals surface area contributed by atoms with Crippen LogP contribution in [0.25, 0.3) is 6.08 Å². The Morgan fingerprint density at radius 1 is 1.18 bits per heavy atom. The van der Waals surface area contributed by atoms with E-state index in [1.165, 1.54) is 12.3 Å². The Kier molecular flexibility index (Phi) is 7.83. The van der Waals surface area contributed by atoms with E-state index in [2.05, 4.69) is 17.6 Å². The molecule has 0 radical (unpaired) electrons. The molecule has 1 heterocycles. The number of carbonyl (C=O) groups excluding carboxylic acids is 2. The van der Waals surface area contributed by atoms with Crippen LogP contribution in [0, 0.1) is 0 Å². The Balaban J connectivity index is 2.09. The summed E-state index contributed by atoms with van der Waals surface area (Å²) in [4.78, 5) is 35.4. The van der Waals surface area contributed by atoms with Crippen LogP contribution in [-0.2, 0) is 9.59 Å². The summed E-state index contributed by atoms with van der Waals surface area (Å²) < 4.78 is 10.7. The number of carbonyl (C=O) groups is 3. The Morgan fingerprint density at radius 2 is 1.93 bits per heavy atom. The Morgan fingerprint density at radius 3 is 2.54 bits per heavy atom. The number of carboxylic acid groups (broad SMARTS) is 1. The molecule has 0 aliphatic heterocycles. The van der Waals surface area contributed by atoms with Gasteiger partial charge in [-0.05, 0) is 42.8 Å². The minimum absolute atomic E-state index is 0.135. The molecule has 8 nitrogen and oxygen atoms in total. The lowest BCUT2D eigenvalue weighted by Gasteiger charge is -2.10. The van der Waals surface area contributed by atoms with E-state index >= 15 is 0 Å². The van der Waals surface area contributed by atoms with E-state index in [9.17, 15) is 14.4 Å². The van der Waals surface area contributed by atoms with Crippen molar-refractivity contribution in [3.8, 4) is 5.75 Å². The maximum absolute atomic E-state index is 12.5. The Labute approximate surface area is 162 Å². The van der Waals surface area contributed by atoms with Gasteiger partial charge in [0.15, 0.2) is 0 Å². The van der Waals surface area contributed by atoms with Gasteiger partial charge in [-0.2, -0.15) is 0 Å². The van der Waals surface area contributed by atoms with Crippen molar-refractivity contribution in [3.63, 3.8) is 0 Å². The topological polar surface area (TPSA) is 118 Å². The fourth-order valence-corrected chi connectivity index (χ4v) is 2.16. The minimum atomic E-state index is -1.20. The first-order valence-electron chi connectivity index (χ1n) is 8.79. The zero-order valence-corrected chi connectivity index (χ0v) is 15.4. The zero-order chi connectivity index (χ0) is 20.4. The molecule has 2 aromatic rings. The first-order valence-corrected chi connectivity index (χ1v) is 8.79. The first kappa shape index (κ1) is 20.8. The third-order valence-electron chi connectivity index (χ3n) is 3.61. The number of carboxylic acids is 1. The second kappa shape index (κ2) is 10.6. The highest BCUT2D eigenvalue weighted by molar-refractivity contribution is 6.05. The third-order valence-corrected chi connectivity index (χ3v) is 3.61. The van der Waals surface area contributed by atoms with Crippen molar-refractivity contribution in [1.29, 1.82) is 0 Å². The van der Waals surface area contributed by atoms with Gasteiger partial charge in [0.25, 0.3) is 11.8 Å². The third kappa shape index (κ3) is 6.64. The number of rotatable bonds is 10. The van der Waals surface area contributed by atoms with Crippen LogP contribution in [-0.4, -0.2) is 36.0 Å². The molecule has 0 saturated heterocycles. The average molecular weight is 386 g/mol. The van der Waals surface area contributed by atoms with Gasteiger partial charge < -0.3 is 24.9 Å². The molecule has 0 atom stereocenters. The van der Waals surface area contributed by atoms with Gasteiger partial charge in [0, 0.05) is 11.6 Å². The molecule has 1 aromatic carbocycles. The molecule has 3 N–H and O–H groups in total. The Hall–Kier alpha value is -3.55. The van der Waals surface area contributed by atoms with Gasteiger partial charge in [-0.3, -0.25) is 14.4 Å². The highest BCUT2D eigenvalue weighted by atomic mass is 16.5. The van der Waals surface area contributed by atoms with E-state index in [0.717, 1.165) is 12.8 Å². The van der Waals surface area contributed by atoms with Crippen molar-refractivity contribution in [2.45, 2.75) is 19.8 Å². The maximum atomic E-state index is 12.5. The van der Waals surface area contributed by atoms with Gasteiger partial charge in [-0.15, -0.1) is 0 Å². The highest BCUT2D eigenvalue weighted by Gasteiger charge is 2.16. The summed E-state index contributed by atoms with van der Waals surface area (Å²) in [5, 5.41) is 13.4. The molecule has 0 bridgehead atoms. The molecule has 0 aliphatic carbocycles. The van der Waals surface area contributed by atoms with Crippen molar-refractivity contribution < 1.29 is 28.6 Å². The van der Waals surface area contributed by atoms with Crippen LogP contribution in [0.2, 0.25) is 0 Å². The van der Waals surface area contributed by atoms with E-state index in [0.29, 0.717) is 23.7 Å². The van der Waals surface area contributed by atoms with Gasteiger partial charge in [-0.1, -0.05) is 13.3 Å². The normalized spacial score (nSPS) is 11.0. The van der Waals surface area contributed by atoms with E-state index in [1.807, 2.05) is 0 Å². The van der Waals surface area contributed by atoms with Gasteiger partial charge in [0.1, 0.15) is 23.8 Å². The van der Waals surface area contributed by atoms with Crippen molar-refractivity contribution in [2.75, 3.05) is 13.2 Å². The fourth-order valence-electron chi connectivity index (χ4n) is 2.16. The van der Waals surface area contributed by atoms with Crippen molar-refractivity contribution in [1.82, 2.24) is 10.6 Å². The second-order valence-electron chi connectivity index (χ2n) is 5.83. The number of unbranched alkanes of at least 4 members (excludes halogenated alkanes) is 1. The molecular formula is C20H22N2O6. The van der Waals surface area contributed by atoms with Crippen molar-refractivity contribution in [2.24, 2.45) is 0 Å². The minimum Gasteiger partial charge on any atom is -0.494 e. The molecule has 8 heteroatoms. The molecule has 0 unspecified atom stereocenters. The van der Waals surface area contributed by atoms with Crippen LogP contribution in [0.15, 0.2) is 52.8 Å². The lowest BCUT2D eigenvalue weighted by molar-refractivity contribution is -0.137. The van der Waals surface area contributed by atoms with Crippen LogP contribution in [0.1, 0.15) is 35.9 Å². The highest BCUT2D eigenvalue weighted by Crippen LogP contribution is 2.14. The summed E-state index contributed by atoms with van der Waals surface area (Å²) in [7, 11) is 0. The predicted octanol–water partition coefficient (Wildman–Crippen LogP) is 2.43. The van der Waals surface area contributed by atoms with Crippen LogP contribution in [0.5, 0.6) is 5.75 Å². The summed E-state index contributed by atoms with van der Waals surface area (Å²) in [6.07, 6.45) is 4.69. The largest absolute Gasteiger partial charge is 0.494 e. The lowest BCUT2D eigenvalue weighted by atomic mass is 10.2. The van der Waals surface area contributed by atoms with Gasteiger partial charge in [-0.25, -0.2) is 0 Å². The fraction of sp³-hybridized carbons (Fsp3) is 0.250. The summed E-state index contributed by atoms with van der Waals surface area (Å²) >= 11 is 0. The van der Waals surface area contributed by atoms with Crippen LogP contribution < -0.4 is 15.4 Å². The molecular weight excluding hydrogens is 364 g/mol. The number of benzene rings is 1. The number of ether oxygens (including phenoxy) is 1. The maximum Gasteiger partial charge on any atom is 0.322 e. The SMILES string of the molecule is CCCCOc1ccc(C(=O)N/C(=C\c2ccco2)C(=O)NCC(=O)O)cc1. The number of aliphatic carboxylic acids is 1. The summed E-state index contributed by atoms with van der Waals surface area (Å²) in [6, 6.07) is 9.72. The summed E-state index contributed by atoms with van der Waals surface area (Å²) in [5.41, 5.74) is 0.184. The standard InChI is InChI=1S/C20H22N2O6/c1-2-3-10-27-15-8-6-14(7-9-15)19(25)22-17(12-16-5-4-11-28-16)20(26)21-13-18(23)24/h4-9,11-12H,2-3,10,13H2,1H3,(H,21,26)(H,22,25)(H,23,24)/b17-12-. The van der Waals surface area contributed by atoms with Gasteiger partial charge in [0.05, 0.1) is 12.9 Å². The number of nitrogens with one attached hydrogen (secondary N) is 2. The Bertz CT molecular complexity index is 825. The molecule has 2 rings (SSSR count). The van der Waals surface area contributed by atoms with E-state index < -0.39 is 24.3 Å². The van der Waals surface area contributed by atoms with Crippen LogP contribution in [0.3, 0.4) is 0 Å². The molecule has 28 heavy (non-hydrogen) atoms. The smallest absolute Gasteiger partial charge is 0.322 e. The van der Waals surface area contributed by atoms with E-state index in [4.69, 9.17) is 14.3 Å². The monoisotopic (exact) mass is 386 g/mol. The molecule has 148 valence electrons. The average Bonchev–Trinajstić information content (AvgIpc) is 3.19. The predicted molar refractivity (Wildman–Crippen MR) is 102 cm³/mol. The van der Waals surface area contributed by atoms with E-state index in [-0.39, 0.29) is 5.70 Å². The summed E-state index contributed by atoms with van der Waals surface area (Å²) in [6.45, 7) is 2.09. The number of hydrogen-bond acceptors (Lipinski definition) is 5. The lowest BCUT2D eigenvalue weighted by Crippen LogP contribution is -2.37. The molecule has 2 amide bonds. The van der Waals surface area contributed by atoms with Crippen molar-refractivity contribution in [3.05, 3.63) is 59.7 Å². The number of amides is 2. The quantitative estimate of drug-likeness (QED) is 0.426. The van der Waals surface area contributed by atoms with Gasteiger partial charge in [0.2, 0.25) is 0 Å². The van der Waals surface area contributed by atoms with Gasteiger partial charge >= 0.3 is 5.97 Å². The molecule has 0 spiro atoms. The molecule has 0 fully saturated rings. The van der Waals surface area contributed by atoms with Crippen LogP contribution >= 0.6 is 0 Å². The molecule has 0 aliphatic rings.